The molecule has 0 atom stereocenters. The lowest BCUT2D eigenvalue weighted by molar-refractivity contribution is -0.116. The Balaban J connectivity index is 1.34. The second-order valence-corrected chi connectivity index (χ2v) is 6.83. The molecule has 152 valence electrons. The highest BCUT2D eigenvalue weighted by atomic mass is 35.5. The van der Waals surface area contributed by atoms with Crippen molar-refractivity contribution in [2.75, 3.05) is 11.1 Å². The molecule has 1 aromatic carbocycles. The van der Waals surface area contributed by atoms with E-state index in [1.54, 1.807) is 35.3 Å². The van der Waals surface area contributed by atoms with Crippen LogP contribution in [-0.2, 0) is 17.9 Å². The van der Waals surface area contributed by atoms with Crippen molar-refractivity contribution in [3.05, 3.63) is 66.0 Å². The van der Waals surface area contributed by atoms with Gasteiger partial charge in [-0.1, -0.05) is 17.7 Å². The highest BCUT2D eigenvalue weighted by Gasteiger charge is 2.11. The van der Waals surface area contributed by atoms with Crippen molar-refractivity contribution in [2.45, 2.75) is 19.6 Å². The van der Waals surface area contributed by atoms with E-state index in [-0.39, 0.29) is 12.3 Å². The summed E-state index contributed by atoms with van der Waals surface area (Å²) in [5.41, 5.74) is 8.26. The number of pyridine rings is 1. The molecule has 0 fully saturated rings. The first-order valence-electron chi connectivity index (χ1n) is 9.13. The van der Waals surface area contributed by atoms with E-state index >= 15 is 0 Å². The number of hydrogen-bond donors (Lipinski definition) is 2. The number of halogens is 1. The minimum absolute atomic E-state index is 0.169. The number of carbonyl (C=O) groups excluding carboxylic acids is 1. The SMILES string of the molecule is Nc1ncnc2c1ncn2CCC(=O)Nc1ccc(OCc2ccccn2)c(Cl)c1. The van der Waals surface area contributed by atoms with Crippen LogP contribution in [0.5, 0.6) is 5.75 Å². The molecule has 0 aliphatic heterocycles. The van der Waals surface area contributed by atoms with Gasteiger partial charge in [0.25, 0.3) is 0 Å². The molecule has 1 amide bonds. The van der Waals surface area contributed by atoms with E-state index in [0.717, 1.165) is 5.69 Å². The lowest BCUT2D eigenvalue weighted by Crippen LogP contribution is -2.14. The molecule has 0 radical (unpaired) electrons. The molecular weight excluding hydrogens is 406 g/mol. The fourth-order valence-corrected chi connectivity index (χ4v) is 3.07. The third kappa shape index (κ3) is 4.47. The minimum atomic E-state index is -0.169. The van der Waals surface area contributed by atoms with Gasteiger partial charge in [0, 0.05) is 24.8 Å². The van der Waals surface area contributed by atoms with Crippen LogP contribution in [0.15, 0.2) is 55.2 Å². The molecule has 30 heavy (non-hydrogen) atoms. The summed E-state index contributed by atoms with van der Waals surface area (Å²) in [4.78, 5) is 28.8. The number of benzene rings is 1. The van der Waals surface area contributed by atoms with Crippen molar-refractivity contribution in [2.24, 2.45) is 0 Å². The molecule has 3 heterocycles. The molecule has 0 aliphatic rings. The van der Waals surface area contributed by atoms with E-state index < -0.39 is 0 Å². The number of nitrogens with two attached hydrogens (primary N) is 1. The van der Waals surface area contributed by atoms with Crippen molar-refractivity contribution >= 4 is 40.2 Å². The van der Waals surface area contributed by atoms with E-state index in [1.807, 2.05) is 18.2 Å². The minimum Gasteiger partial charge on any atom is -0.486 e. The van der Waals surface area contributed by atoms with Gasteiger partial charge in [0.15, 0.2) is 11.5 Å². The quantitative estimate of drug-likeness (QED) is 0.468. The summed E-state index contributed by atoms with van der Waals surface area (Å²) < 4.78 is 7.45. The van der Waals surface area contributed by atoms with Crippen LogP contribution in [0.2, 0.25) is 5.02 Å². The number of imidazole rings is 1. The molecule has 0 saturated heterocycles. The number of nitrogen functional groups attached to an aromatic ring is 1. The van der Waals surface area contributed by atoms with Gasteiger partial charge in [0.2, 0.25) is 5.91 Å². The molecule has 0 saturated carbocycles. The molecule has 10 heteroatoms. The Morgan fingerprint density at radius 2 is 2.07 bits per heavy atom. The summed E-state index contributed by atoms with van der Waals surface area (Å²) in [7, 11) is 0. The van der Waals surface area contributed by atoms with Crippen molar-refractivity contribution in [1.29, 1.82) is 0 Å². The summed E-state index contributed by atoms with van der Waals surface area (Å²) in [6.07, 6.45) is 4.89. The van der Waals surface area contributed by atoms with E-state index in [1.165, 1.54) is 6.33 Å². The number of rotatable bonds is 7. The van der Waals surface area contributed by atoms with Crippen LogP contribution < -0.4 is 15.8 Å². The van der Waals surface area contributed by atoms with Crippen molar-refractivity contribution < 1.29 is 9.53 Å². The molecule has 3 aromatic heterocycles. The third-order valence-corrected chi connectivity index (χ3v) is 4.62. The zero-order chi connectivity index (χ0) is 20.9. The first-order valence-corrected chi connectivity index (χ1v) is 9.51. The fraction of sp³-hybridized carbons (Fsp3) is 0.150. The molecule has 4 aromatic rings. The molecule has 3 N–H and O–H groups in total. The third-order valence-electron chi connectivity index (χ3n) is 4.33. The molecule has 0 bridgehead atoms. The van der Waals surface area contributed by atoms with E-state index in [9.17, 15) is 4.79 Å². The van der Waals surface area contributed by atoms with Gasteiger partial charge in [0.1, 0.15) is 24.2 Å². The Kier molecular flexibility index (Phi) is 5.71. The number of ether oxygens (including phenoxy) is 1. The predicted molar refractivity (Wildman–Crippen MR) is 113 cm³/mol. The summed E-state index contributed by atoms with van der Waals surface area (Å²) >= 11 is 6.28. The van der Waals surface area contributed by atoms with Crippen LogP contribution >= 0.6 is 11.6 Å². The van der Waals surface area contributed by atoms with E-state index in [4.69, 9.17) is 22.1 Å². The summed E-state index contributed by atoms with van der Waals surface area (Å²) in [6, 6.07) is 10.7. The zero-order valence-electron chi connectivity index (χ0n) is 15.8. The standard InChI is InChI=1S/C20H18ClN7O2/c21-15-9-13(4-5-16(15)30-10-14-3-1-2-7-23-14)27-17(29)6-8-28-12-26-18-19(22)24-11-25-20(18)28/h1-5,7,9,11-12H,6,8,10H2,(H,27,29)(H2,22,24,25). The number of aryl methyl sites for hydroxylation is 1. The predicted octanol–water partition coefficient (Wildman–Crippen LogP) is 3.06. The number of amides is 1. The van der Waals surface area contributed by atoms with E-state index in [2.05, 4.69) is 25.3 Å². The molecule has 0 aliphatic carbocycles. The maximum Gasteiger partial charge on any atom is 0.226 e. The van der Waals surface area contributed by atoms with Crippen LogP contribution in [0, 0.1) is 0 Å². The van der Waals surface area contributed by atoms with Gasteiger partial charge in [0.05, 0.1) is 17.0 Å². The Bertz CT molecular complexity index is 1180. The zero-order valence-corrected chi connectivity index (χ0v) is 16.6. The Morgan fingerprint density at radius 3 is 2.87 bits per heavy atom. The molecule has 4 rings (SSSR count). The molecule has 9 nitrogen and oxygen atoms in total. The van der Waals surface area contributed by atoms with Gasteiger partial charge < -0.3 is 20.4 Å². The number of aromatic nitrogens is 5. The molecule has 0 spiro atoms. The molecule has 0 unspecified atom stereocenters. The second kappa shape index (κ2) is 8.75. The summed E-state index contributed by atoms with van der Waals surface area (Å²) in [5, 5.41) is 3.22. The first kappa shape index (κ1) is 19.6. The Morgan fingerprint density at radius 1 is 1.17 bits per heavy atom. The maximum atomic E-state index is 12.3. The van der Waals surface area contributed by atoms with Crippen LogP contribution in [-0.4, -0.2) is 30.4 Å². The van der Waals surface area contributed by atoms with E-state index in [0.29, 0.717) is 46.6 Å². The number of carbonyl (C=O) groups is 1. The lowest BCUT2D eigenvalue weighted by Gasteiger charge is -2.10. The fourth-order valence-electron chi connectivity index (χ4n) is 2.84. The smallest absolute Gasteiger partial charge is 0.226 e. The monoisotopic (exact) mass is 423 g/mol. The van der Waals surface area contributed by atoms with Gasteiger partial charge in [-0.3, -0.25) is 9.78 Å². The number of nitrogens with zero attached hydrogens (tertiary/aromatic N) is 5. The molecular formula is C20H18ClN7O2. The van der Waals surface area contributed by atoms with Gasteiger partial charge in [-0.2, -0.15) is 0 Å². The average Bonchev–Trinajstić information content (AvgIpc) is 3.17. The maximum absolute atomic E-state index is 12.3. The van der Waals surface area contributed by atoms with Crippen molar-refractivity contribution in [3.8, 4) is 5.75 Å². The van der Waals surface area contributed by atoms with Gasteiger partial charge >= 0.3 is 0 Å². The summed E-state index contributed by atoms with van der Waals surface area (Å²) in [5.74, 6) is 0.655. The van der Waals surface area contributed by atoms with Gasteiger partial charge in [-0.15, -0.1) is 0 Å². The number of anilines is 2. The number of nitrogens with one attached hydrogen (secondary N) is 1. The second-order valence-electron chi connectivity index (χ2n) is 6.42. The topological polar surface area (TPSA) is 121 Å². The van der Waals surface area contributed by atoms with Crippen LogP contribution in [0.3, 0.4) is 0 Å². The Labute approximate surface area is 176 Å². The normalized spacial score (nSPS) is 10.8. The largest absolute Gasteiger partial charge is 0.486 e. The lowest BCUT2D eigenvalue weighted by atomic mass is 10.3. The van der Waals surface area contributed by atoms with Crippen molar-refractivity contribution in [1.82, 2.24) is 24.5 Å². The van der Waals surface area contributed by atoms with Crippen LogP contribution in [0.25, 0.3) is 11.2 Å². The number of fused-ring (bicyclic) bond motifs is 1. The summed E-state index contributed by atoms with van der Waals surface area (Å²) in [6.45, 7) is 0.705. The van der Waals surface area contributed by atoms with Gasteiger partial charge in [-0.05, 0) is 30.3 Å². The highest BCUT2D eigenvalue weighted by molar-refractivity contribution is 6.32. The number of hydrogen-bond acceptors (Lipinski definition) is 7. The van der Waals surface area contributed by atoms with Crippen LogP contribution in [0.1, 0.15) is 12.1 Å². The average molecular weight is 424 g/mol. The van der Waals surface area contributed by atoms with Crippen LogP contribution in [0.4, 0.5) is 11.5 Å². The Hall–Kier alpha value is -3.72. The highest BCUT2D eigenvalue weighted by Crippen LogP contribution is 2.28. The first-order chi connectivity index (χ1) is 14.6. The van der Waals surface area contributed by atoms with Gasteiger partial charge in [-0.25, -0.2) is 15.0 Å². The van der Waals surface area contributed by atoms with Crippen molar-refractivity contribution in [3.63, 3.8) is 0 Å².